The van der Waals surface area contributed by atoms with Gasteiger partial charge in [0, 0.05) is 0 Å². The van der Waals surface area contributed by atoms with E-state index in [2.05, 4.69) is 0 Å². The van der Waals surface area contributed by atoms with Gasteiger partial charge in [-0.05, 0) is 0 Å². The Morgan fingerprint density at radius 1 is 0.875 bits per heavy atom. The zero-order chi connectivity index (χ0) is 19.3. The van der Waals surface area contributed by atoms with Crippen molar-refractivity contribution in [3.8, 4) is 0 Å². The molecule has 0 aliphatic rings. The quantitative estimate of drug-likeness (QED) is 0.279. The standard InChI is InChI=1S/C6HF11O5S.K/c7-2(1(18)19,4(10,11)12)22-5(13,14)3(8,9)6(15,16)23(17,20)21;/h(H,18,19);/q;+1/p-1. The Morgan fingerprint density at radius 3 is 1.42 bits per heavy atom. The van der Waals surface area contributed by atoms with Gasteiger partial charge >= 0.3 is 90.9 Å². The van der Waals surface area contributed by atoms with Crippen molar-refractivity contribution in [2.45, 2.75) is 29.3 Å². The number of carbonyl (C=O) groups excluding carboxylic acids is 1. The fraction of sp³-hybridized carbons (Fsp3) is 0.833. The molecule has 0 rings (SSSR count). The molecule has 0 amide bonds. The molecule has 0 aromatic carbocycles. The second-order valence-corrected chi connectivity index (χ2v) is 4.92. The van der Waals surface area contributed by atoms with Crippen LogP contribution < -0.4 is 56.5 Å². The Morgan fingerprint density at radius 2 is 1.21 bits per heavy atom. The van der Waals surface area contributed by atoms with Gasteiger partial charge < -0.3 is 9.90 Å². The van der Waals surface area contributed by atoms with Gasteiger partial charge in [-0.2, -0.15) is 52.3 Å². The summed E-state index contributed by atoms with van der Waals surface area (Å²) in [5, 5.41) is 2.43. The van der Waals surface area contributed by atoms with Crippen LogP contribution in [-0.2, 0) is 19.8 Å². The molecule has 0 saturated carbocycles. The van der Waals surface area contributed by atoms with Gasteiger partial charge in [0.15, 0.2) is 0 Å². The second-order valence-electron chi connectivity index (χ2n) is 3.53. The minimum Gasteiger partial charge on any atom is -0.544 e. The van der Waals surface area contributed by atoms with Gasteiger partial charge in [-0.1, -0.05) is 3.89 Å². The number of carbonyl (C=O) groups is 1. The van der Waals surface area contributed by atoms with E-state index in [-0.39, 0.29) is 51.4 Å². The van der Waals surface area contributed by atoms with Crippen LogP contribution in [0.2, 0.25) is 0 Å². The van der Waals surface area contributed by atoms with Crippen LogP contribution in [0.25, 0.3) is 0 Å². The zero-order valence-corrected chi connectivity index (χ0v) is 14.5. The Balaban J connectivity index is 0. The Labute approximate surface area is 166 Å². The average molecular weight is 432 g/mol. The van der Waals surface area contributed by atoms with Crippen molar-refractivity contribution in [1.29, 1.82) is 0 Å². The molecule has 0 bridgehead atoms. The number of hydrogen-bond acceptors (Lipinski definition) is 5. The van der Waals surface area contributed by atoms with Crippen LogP contribution in [0.15, 0.2) is 0 Å². The Kier molecular flexibility index (Phi) is 7.84. The normalized spacial score (nSPS) is 17.0. The Bertz CT molecular complexity index is 586. The van der Waals surface area contributed by atoms with Gasteiger partial charge in [0.2, 0.25) is 0 Å². The summed E-state index contributed by atoms with van der Waals surface area (Å²) < 4.78 is 157. The molecular formula is C6F11KO5S. The molecule has 0 aliphatic carbocycles. The minimum atomic E-state index is -7.86. The van der Waals surface area contributed by atoms with Crippen molar-refractivity contribution in [2.75, 3.05) is 0 Å². The van der Waals surface area contributed by atoms with Crippen molar-refractivity contribution in [3.05, 3.63) is 0 Å². The van der Waals surface area contributed by atoms with E-state index in [4.69, 9.17) is 0 Å². The van der Waals surface area contributed by atoms with Crippen molar-refractivity contribution >= 4 is 16.2 Å². The van der Waals surface area contributed by atoms with E-state index in [1.54, 1.807) is 4.74 Å². The predicted molar refractivity (Wildman–Crippen MR) is 40.9 cm³/mol. The number of carboxylic acids is 1. The first-order valence-corrected chi connectivity index (χ1v) is 5.78. The SMILES string of the molecule is O=C([O-])C(F)(OC(F)(F)C(F)(F)C(F)(F)S(=O)(=O)F)C(F)(F)F.[K+]. The van der Waals surface area contributed by atoms with Crippen LogP contribution in [0.3, 0.4) is 0 Å². The van der Waals surface area contributed by atoms with E-state index in [0.717, 1.165) is 0 Å². The predicted octanol–water partition coefficient (Wildman–Crippen LogP) is -1.89. The number of rotatable bonds is 6. The van der Waals surface area contributed by atoms with Crippen molar-refractivity contribution in [2.24, 2.45) is 0 Å². The second kappa shape index (κ2) is 7.10. The maximum absolute atomic E-state index is 12.8. The zero-order valence-electron chi connectivity index (χ0n) is 10.6. The summed E-state index contributed by atoms with van der Waals surface area (Å²) in [6, 6.07) is 0. The van der Waals surface area contributed by atoms with Gasteiger partial charge in [-0.15, -0.1) is 0 Å². The fourth-order valence-electron chi connectivity index (χ4n) is 0.779. The number of carboxylic acid groups (broad SMARTS) is 1. The number of alkyl halides is 10. The van der Waals surface area contributed by atoms with Crippen molar-refractivity contribution < 1.29 is 122 Å². The molecule has 18 heteroatoms. The fourth-order valence-corrected chi connectivity index (χ4v) is 1.20. The number of halogens is 11. The summed E-state index contributed by atoms with van der Waals surface area (Å²) in [5.41, 5.74) is 0. The molecule has 0 heterocycles. The van der Waals surface area contributed by atoms with Gasteiger partial charge in [0.25, 0.3) is 0 Å². The molecule has 24 heavy (non-hydrogen) atoms. The van der Waals surface area contributed by atoms with Crippen molar-refractivity contribution in [3.63, 3.8) is 0 Å². The van der Waals surface area contributed by atoms with E-state index < -0.39 is 45.5 Å². The third-order valence-electron chi connectivity index (χ3n) is 1.93. The summed E-state index contributed by atoms with van der Waals surface area (Å²) in [7, 11) is -7.86. The van der Waals surface area contributed by atoms with E-state index >= 15 is 0 Å². The maximum Gasteiger partial charge on any atom is 1.00 e. The van der Waals surface area contributed by atoms with Gasteiger partial charge in [-0.3, -0.25) is 4.74 Å². The number of ether oxygens (including phenoxy) is 1. The van der Waals surface area contributed by atoms with Crippen LogP contribution in [-0.4, -0.2) is 43.7 Å². The van der Waals surface area contributed by atoms with Gasteiger partial charge in [0.1, 0.15) is 5.97 Å². The molecule has 0 N–H and O–H groups in total. The van der Waals surface area contributed by atoms with E-state index in [0.29, 0.717) is 0 Å². The number of hydrogen-bond donors (Lipinski definition) is 0. The first-order chi connectivity index (χ1) is 9.65. The van der Waals surface area contributed by atoms with E-state index in [9.17, 15) is 66.1 Å². The van der Waals surface area contributed by atoms with Crippen LogP contribution in [0.1, 0.15) is 0 Å². The molecular weight excluding hydrogens is 432 g/mol. The van der Waals surface area contributed by atoms with Crippen LogP contribution in [0.5, 0.6) is 0 Å². The largest absolute Gasteiger partial charge is 1.00 e. The average Bonchev–Trinajstić information content (AvgIpc) is 2.24. The van der Waals surface area contributed by atoms with E-state index in [1.807, 2.05) is 0 Å². The molecule has 0 aromatic heterocycles. The molecule has 138 valence electrons. The topological polar surface area (TPSA) is 83.5 Å². The molecule has 0 aromatic rings. The van der Waals surface area contributed by atoms with E-state index in [1.165, 1.54) is 0 Å². The minimum absolute atomic E-state index is 0. The van der Waals surface area contributed by atoms with Crippen molar-refractivity contribution in [1.82, 2.24) is 0 Å². The first kappa shape index (κ1) is 26.5. The molecule has 0 radical (unpaired) electrons. The van der Waals surface area contributed by atoms with Crippen LogP contribution in [0, 0.1) is 0 Å². The molecule has 5 nitrogen and oxygen atoms in total. The molecule has 0 aliphatic heterocycles. The first-order valence-electron chi connectivity index (χ1n) is 4.40. The summed E-state index contributed by atoms with van der Waals surface area (Å²) in [4.78, 5) is 9.83. The van der Waals surface area contributed by atoms with Crippen LogP contribution >= 0.6 is 0 Å². The van der Waals surface area contributed by atoms with Crippen LogP contribution in [0.4, 0.5) is 47.8 Å². The molecule has 1 unspecified atom stereocenters. The monoisotopic (exact) mass is 432 g/mol. The summed E-state index contributed by atoms with van der Waals surface area (Å²) >= 11 is 0. The van der Waals surface area contributed by atoms with Gasteiger partial charge in [-0.25, -0.2) is 0 Å². The smallest absolute Gasteiger partial charge is 0.544 e. The third-order valence-corrected chi connectivity index (χ3v) is 2.80. The summed E-state index contributed by atoms with van der Waals surface area (Å²) in [6.45, 7) is 0. The molecule has 1 atom stereocenters. The molecule has 0 spiro atoms. The van der Waals surface area contributed by atoms with Gasteiger partial charge in [0.05, 0.1) is 0 Å². The summed E-state index contributed by atoms with van der Waals surface area (Å²) in [5.74, 6) is -18.7. The summed E-state index contributed by atoms with van der Waals surface area (Å²) in [6.07, 6.45) is -14.5. The maximum atomic E-state index is 12.8. The number of aliphatic carboxylic acids is 1. The third kappa shape index (κ3) is 4.31. The Hall–Kier alpha value is 0.246. The molecule has 0 saturated heterocycles. The molecule has 0 fully saturated rings.